The van der Waals surface area contributed by atoms with Crippen LogP contribution in [0.15, 0.2) is 108 Å². The van der Waals surface area contributed by atoms with Gasteiger partial charge in [-0.2, -0.15) is 0 Å². The zero-order chi connectivity index (χ0) is 31.0. The SMILES string of the molecule is CCNC(=O)C(Cc1ccccc1)N(Cc1ccccc1F)C(=O)CN(c1ccccc1F)S(=O)(=O)c1ccc(C)cc1. The number of hydrogen-bond acceptors (Lipinski definition) is 4. The Balaban J connectivity index is 1.81. The number of anilines is 1. The molecular formula is C33H33F2N3O4S. The van der Waals surface area contributed by atoms with E-state index in [2.05, 4.69) is 5.32 Å². The summed E-state index contributed by atoms with van der Waals surface area (Å²) in [6.07, 6.45) is 0.0806. The normalized spacial score (nSPS) is 11.9. The standard InChI is InChI=1S/C33H33F2N3O4S/c1-3-36-33(40)31(21-25-11-5-4-6-12-25)37(22-26-13-7-8-14-28(26)34)32(39)23-38(30-16-10-9-15-29(30)35)43(41,42)27-19-17-24(2)18-20-27/h4-20,31H,3,21-23H2,1-2H3,(H,36,40). The molecule has 0 heterocycles. The first-order valence-electron chi connectivity index (χ1n) is 13.8. The van der Waals surface area contributed by atoms with Crippen molar-refractivity contribution in [1.82, 2.24) is 10.2 Å². The minimum atomic E-state index is -4.45. The Labute approximate surface area is 250 Å². The van der Waals surface area contributed by atoms with Gasteiger partial charge in [-0.25, -0.2) is 17.2 Å². The van der Waals surface area contributed by atoms with Crippen molar-refractivity contribution in [2.24, 2.45) is 0 Å². The maximum atomic E-state index is 15.1. The van der Waals surface area contributed by atoms with E-state index in [0.29, 0.717) is 4.31 Å². The monoisotopic (exact) mass is 605 g/mol. The van der Waals surface area contributed by atoms with E-state index < -0.39 is 46.1 Å². The molecule has 224 valence electrons. The van der Waals surface area contributed by atoms with Crippen LogP contribution in [-0.4, -0.2) is 44.3 Å². The number of carbonyl (C=O) groups is 2. The molecule has 0 aliphatic carbocycles. The van der Waals surface area contributed by atoms with Gasteiger partial charge in [0, 0.05) is 25.1 Å². The van der Waals surface area contributed by atoms with Crippen molar-refractivity contribution in [1.29, 1.82) is 0 Å². The lowest BCUT2D eigenvalue weighted by Gasteiger charge is -2.34. The van der Waals surface area contributed by atoms with Crippen LogP contribution in [0.5, 0.6) is 0 Å². The van der Waals surface area contributed by atoms with Crippen molar-refractivity contribution in [2.45, 2.75) is 37.8 Å². The lowest BCUT2D eigenvalue weighted by atomic mass is 10.0. The summed E-state index contributed by atoms with van der Waals surface area (Å²) in [4.78, 5) is 28.7. The van der Waals surface area contributed by atoms with Gasteiger partial charge in [-0.15, -0.1) is 0 Å². The van der Waals surface area contributed by atoms with Crippen molar-refractivity contribution in [3.8, 4) is 0 Å². The molecule has 0 fully saturated rings. The van der Waals surface area contributed by atoms with E-state index in [-0.39, 0.29) is 35.7 Å². The average Bonchev–Trinajstić information content (AvgIpc) is 2.99. The van der Waals surface area contributed by atoms with Crippen LogP contribution in [0.25, 0.3) is 0 Å². The number of nitrogens with zero attached hydrogens (tertiary/aromatic N) is 2. The number of sulfonamides is 1. The number of likely N-dealkylation sites (N-methyl/N-ethyl adjacent to an activating group) is 1. The number of halogens is 2. The molecule has 2 amide bonds. The predicted octanol–water partition coefficient (Wildman–Crippen LogP) is 5.24. The Kier molecular flexibility index (Phi) is 10.3. The molecule has 0 saturated heterocycles. The number of rotatable bonds is 12. The minimum Gasteiger partial charge on any atom is -0.355 e. The molecule has 0 radical (unpaired) electrons. The summed E-state index contributed by atoms with van der Waals surface area (Å²) < 4.78 is 58.5. The van der Waals surface area contributed by atoms with Gasteiger partial charge in [0.05, 0.1) is 10.6 Å². The number of nitrogens with one attached hydrogen (secondary N) is 1. The Bertz CT molecular complexity index is 1670. The van der Waals surface area contributed by atoms with Gasteiger partial charge in [0.15, 0.2) is 0 Å². The smallest absolute Gasteiger partial charge is 0.264 e. The van der Waals surface area contributed by atoms with Crippen LogP contribution in [-0.2, 0) is 32.6 Å². The second kappa shape index (κ2) is 14.1. The molecule has 1 atom stereocenters. The summed E-state index contributed by atoms with van der Waals surface area (Å²) in [6.45, 7) is 2.64. The van der Waals surface area contributed by atoms with Gasteiger partial charge < -0.3 is 10.2 Å². The molecule has 7 nitrogen and oxygen atoms in total. The van der Waals surface area contributed by atoms with Crippen LogP contribution in [0.4, 0.5) is 14.5 Å². The molecule has 0 bridgehead atoms. The van der Waals surface area contributed by atoms with Crippen molar-refractivity contribution in [3.63, 3.8) is 0 Å². The van der Waals surface area contributed by atoms with Crippen LogP contribution in [0.2, 0.25) is 0 Å². The van der Waals surface area contributed by atoms with Gasteiger partial charge in [0.25, 0.3) is 10.0 Å². The van der Waals surface area contributed by atoms with E-state index in [1.807, 2.05) is 6.07 Å². The molecule has 0 aliphatic rings. The molecular weight excluding hydrogens is 572 g/mol. The first kappa shape index (κ1) is 31.4. The molecule has 1 N–H and O–H groups in total. The van der Waals surface area contributed by atoms with Crippen LogP contribution < -0.4 is 9.62 Å². The number of para-hydroxylation sites is 1. The molecule has 0 saturated carbocycles. The zero-order valence-corrected chi connectivity index (χ0v) is 24.7. The van der Waals surface area contributed by atoms with Gasteiger partial charge in [-0.1, -0.05) is 78.4 Å². The molecule has 4 rings (SSSR count). The zero-order valence-electron chi connectivity index (χ0n) is 23.9. The quantitative estimate of drug-likeness (QED) is 0.239. The molecule has 1 unspecified atom stereocenters. The third kappa shape index (κ3) is 7.64. The molecule has 0 spiro atoms. The third-order valence-electron chi connectivity index (χ3n) is 6.93. The van der Waals surface area contributed by atoms with Crippen LogP contribution in [0.1, 0.15) is 23.6 Å². The first-order valence-corrected chi connectivity index (χ1v) is 15.2. The number of aryl methyl sites for hydroxylation is 1. The maximum Gasteiger partial charge on any atom is 0.264 e. The number of carbonyl (C=O) groups excluding carboxylic acids is 2. The molecule has 4 aromatic carbocycles. The fourth-order valence-electron chi connectivity index (χ4n) is 4.66. The largest absolute Gasteiger partial charge is 0.355 e. The fraction of sp³-hybridized carbons (Fsp3) is 0.212. The van der Waals surface area contributed by atoms with Crippen molar-refractivity contribution in [2.75, 3.05) is 17.4 Å². The second-order valence-corrected chi connectivity index (χ2v) is 11.9. The van der Waals surface area contributed by atoms with E-state index in [9.17, 15) is 22.4 Å². The third-order valence-corrected chi connectivity index (χ3v) is 8.70. The molecule has 0 aliphatic heterocycles. The summed E-state index contributed by atoms with van der Waals surface area (Å²) >= 11 is 0. The van der Waals surface area contributed by atoms with E-state index in [1.54, 1.807) is 56.3 Å². The molecule has 4 aromatic rings. The summed E-state index contributed by atoms with van der Waals surface area (Å²) in [5.74, 6) is -2.74. The molecule has 43 heavy (non-hydrogen) atoms. The Morgan fingerprint density at radius 2 is 1.42 bits per heavy atom. The predicted molar refractivity (Wildman–Crippen MR) is 162 cm³/mol. The number of hydrogen-bond donors (Lipinski definition) is 1. The lowest BCUT2D eigenvalue weighted by Crippen LogP contribution is -2.53. The molecule has 0 aromatic heterocycles. The lowest BCUT2D eigenvalue weighted by molar-refractivity contribution is -0.140. The number of amides is 2. The van der Waals surface area contributed by atoms with Crippen LogP contribution >= 0.6 is 0 Å². The summed E-state index contributed by atoms with van der Waals surface area (Å²) in [6, 6.07) is 24.9. The van der Waals surface area contributed by atoms with Crippen molar-refractivity contribution in [3.05, 3.63) is 131 Å². The summed E-state index contributed by atoms with van der Waals surface area (Å²) in [7, 11) is -4.45. The Hall–Kier alpha value is -4.57. The van der Waals surface area contributed by atoms with E-state index in [4.69, 9.17) is 0 Å². The minimum absolute atomic E-state index is 0.0806. The van der Waals surface area contributed by atoms with Crippen molar-refractivity contribution >= 4 is 27.5 Å². The highest BCUT2D eigenvalue weighted by Crippen LogP contribution is 2.27. The first-order chi connectivity index (χ1) is 20.6. The van der Waals surface area contributed by atoms with E-state index in [1.165, 1.54) is 48.5 Å². The average molecular weight is 606 g/mol. The maximum absolute atomic E-state index is 15.1. The number of benzene rings is 4. The Morgan fingerprint density at radius 3 is 2.05 bits per heavy atom. The van der Waals surface area contributed by atoms with Crippen molar-refractivity contribution < 1.29 is 26.8 Å². The highest BCUT2D eigenvalue weighted by molar-refractivity contribution is 7.92. The topological polar surface area (TPSA) is 86.8 Å². The van der Waals surface area contributed by atoms with Gasteiger partial charge in [-0.05, 0) is 49.7 Å². The summed E-state index contributed by atoms with van der Waals surface area (Å²) in [5.41, 5.74) is 1.36. The van der Waals surface area contributed by atoms with Gasteiger partial charge in [-0.3, -0.25) is 13.9 Å². The fourth-order valence-corrected chi connectivity index (χ4v) is 6.08. The second-order valence-electron chi connectivity index (χ2n) is 9.99. The van der Waals surface area contributed by atoms with E-state index in [0.717, 1.165) is 22.1 Å². The van der Waals surface area contributed by atoms with Gasteiger partial charge >= 0.3 is 0 Å². The Morgan fingerprint density at radius 1 is 0.814 bits per heavy atom. The summed E-state index contributed by atoms with van der Waals surface area (Å²) in [5, 5.41) is 2.74. The van der Waals surface area contributed by atoms with Crippen LogP contribution in [0.3, 0.4) is 0 Å². The highest BCUT2D eigenvalue weighted by atomic mass is 32.2. The highest BCUT2D eigenvalue weighted by Gasteiger charge is 2.35. The van der Waals surface area contributed by atoms with Gasteiger partial charge in [0.1, 0.15) is 24.2 Å². The van der Waals surface area contributed by atoms with Gasteiger partial charge in [0.2, 0.25) is 11.8 Å². The molecule has 10 heteroatoms. The van der Waals surface area contributed by atoms with E-state index >= 15 is 4.39 Å². The van der Waals surface area contributed by atoms with Crippen LogP contribution in [0, 0.1) is 18.6 Å².